The Morgan fingerprint density at radius 2 is 1.75 bits per heavy atom. The Morgan fingerprint density at radius 1 is 1.04 bits per heavy atom. The molecule has 2 amide bonds. The van der Waals surface area contributed by atoms with Crippen LogP contribution < -0.4 is 10.6 Å². The van der Waals surface area contributed by atoms with Gasteiger partial charge in [-0.2, -0.15) is 0 Å². The maximum atomic E-state index is 12.2. The van der Waals surface area contributed by atoms with Crippen molar-refractivity contribution in [2.75, 3.05) is 5.32 Å². The van der Waals surface area contributed by atoms with Gasteiger partial charge in [0.2, 0.25) is 5.91 Å². The first-order valence-electron chi connectivity index (χ1n) is 7.35. The van der Waals surface area contributed by atoms with Crippen molar-refractivity contribution in [2.24, 2.45) is 0 Å². The standard InChI is InChI=1S/C18H17ClN2O3/c1-11(20-18(24)15-8-3-4-9-16(15)19)17(23)21-14-7-5-6-13(10-14)12(2)22/h3-11H,1-2H3,(H,20,24)(H,21,23)/t11-/m1/s1. The number of ketones is 1. The van der Waals surface area contributed by atoms with Gasteiger partial charge < -0.3 is 10.6 Å². The summed E-state index contributed by atoms with van der Waals surface area (Å²) in [5.41, 5.74) is 1.30. The average molecular weight is 345 g/mol. The summed E-state index contributed by atoms with van der Waals surface area (Å²) in [5, 5.41) is 5.58. The van der Waals surface area contributed by atoms with Gasteiger partial charge in [0.25, 0.3) is 5.91 Å². The molecule has 0 unspecified atom stereocenters. The molecule has 2 aromatic rings. The summed E-state index contributed by atoms with van der Waals surface area (Å²) in [4.78, 5) is 35.7. The molecular formula is C18H17ClN2O3. The average Bonchev–Trinajstić information content (AvgIpc) is 2.55. The van der Waals surface area contributed by atoms with Crippen LogP contribution in [-0.2, 0) is 4.79 Å². The first-order chi connectivity index (χ1) is 11.4. The molecule has 2 N–H and O–H groups in total. The number of hydrogen-bond acceptors (Lipinski definition) is 3. The molecule has 0 aromatic heterocycles. The van der Waals surface area contributed by atoms with E-state index in [1.54, 1.807) is 55.5 Å². The lowest BCUT2D eigenvalue weighted by Gasteiger charge is -2.15. The second-order valence-corrected chi connectivity index (χ2v) is 5.71. The number of Topliss-reactive ketones (excluding diaryl/α,β-unsaturated/α-hetero) is 1. The number of carbonyl (C=O) groups excluding carboxylic acids is 3. The van der Waals surface area contributed by atoms with Crippen molar-refractivity contribution in [2.45, 2.75) is 19.9 Å². The summed E-state index contributed by atoms with van der Waals surface area (Å²) in [6, 6.07) is 12.4. The fourth-order valence-electron chi connectivity index (χ4n) is 2.05. The van der Waals surface area contributed by atoms with Crippen molar-refractivity contribution in [3.8, 4) is 0 Å². The summed E-state index contributed by atoms with van der Waals surface area (Å²) >= 11 is 5.97. The maximum Gasteiger partial charge on any atom is 0.253 e. The minimum Gasteiger partial charge on any atom is -0.340 e. The van der Waals surface area contributed by atoms with E-state index < -0.39 is 17.9 Å². The highest BCUT2D eigenvalue weighted by molar-refractivity contribution is 6.33. The predicted octanol–water partition coefficient (Wildman–Crippen LogP) is 3.30. The van der Waals surface area contributed by atoms with Gasteiger partial charge >= 0.3 is 0 Å². The minimum absolute atomic E-state index is 0.0915. The van der Waals surface area contributed by atoms with Gasteiger partial charge in [-0.1, -0.05) is 35.9 Å². The smallest absolute Gasteiger partial charge is 0.253 e. The third kappa shape index (κ3) is 4.43. The lowest BCUT2D eigenvalue weighted by Crippen LogP contribution is -2.41. The van der Waals surface area contributed by atoms with E-state index in [9.17, 15) is 14.4 Å². The summed E-state index contributed by atoms with van der Waals surface area (Å²) in [7, 11) is 0. The van der Waals surface area contributed by atoms with E-state index in [1.165, 1.54) is 6.92 Å². The highest BCUT2D eigenvalue weighted by atomic mass is 35.5. The Balaban J connectivity index is 2.02. The van der Waals surface area contributed by atoms with Crippen LogP contribution in [0.5, 0.6) is 0 Å². The van der Waals surface area contributed by atoms with E-state index in [2.05, 4.69) is 10.6 Å². The van der Waals surface area contributed by atoms with Gasteiger partial charge in [-0.25, -0.2) is 0 Å². The molecule has 2 rings (SSSR count). The Bertz CT molecular complexity index is 789. The van der Waals surface area contributed by atoms with Crippen LogP contribution in [-0.4, -0.2) is 23.6 Å². The van der Waals surface area contributed by atoms with E-state index in [1.807, 2.05) is 0 Å². The quantitative estimate of drug-likeness (QED) is 0.817. The molecule has 0 aliphatic carbocycles. The van der Waals surface area contributed by atoms with E-state index >= 15 is 0 Å². The Hall–Kier alpha value is -2.66. The second-order valence-electron chi connectivity index (χ2n) is 5.30. The number of amides is 2. The van der Waals surface area contributed by atoms with Gasteiger partial charge in [-0.15, -0.1) is 0 Å². The van der Waals surface area contributed by atoms with Crippen molar-refractivity contribution in [3.05, 3.63) is 64.7 Å². The van der Waals surface area contributed by atoms with Gasteiger partial charge in [-0.3, -0.25) is 14.4 Å². The third-order valence-electron chi connectivity index (χ3n) is 3.40. The van der Waals surface area contributed by atoms with Crippen LogP contribution in [0.1, 0.15) is 34.6 Å². The molecule has 1 atom stereocenters. The highest BCUT2D eigenvalue weighted by Gasteiger charge is 2.18. The molecule has 0 aliphatic heterocycles. The first-order valence-corrected chi connectivity index (χ1v) is 7.73. The largest absolute Gasteiger partial charge is 0.340 e. The van der Waals surface area contributed by atoms with Crippen molar-refractivity contribution in [1.82, 2.24) is 5.32 Å². The molecule has 0 bridgehead atoms. The van der Waals surface area contributed by atoms with Crippen LogP contribution in [0.4, 0.5) is 5.69 Å². The first kappa shape index (κ1) is 17.7. The van der Waals surface area contributed by atoms with E-state index in [0.29, 0.717) is 21.8 Å². The molecule has 2 aromatic carbocycles. The number of carbonyl (C=O) groups is 3. The summed E-state index contributed by atoms with van der Waals surface area (Å²) in [6.45, 7) is 3.02. The predicted molar refractivity (Wildman–Crippen MR) is 93.5 cm³/mol. The molecular weight excluding hydrogens is 328 g/mol. The number of halogens is 1. The minimum atomic E-state index is -0.769. The lowest BCUT2D eigenvalue weighted by atomic mass is 10.1. The molecule has 6 heteroatoms. The molecule has 0 aliphatic rings. The summed E-state index contributed by atoms with van der Waals surface area (Å²) < 4.78 is 0. The van der Waals surface area contributed by atoms with E-state index in [-0.39, 0.29) is 5.78 Å². The van der Waals surface area contributed by atoms with Crippen LogP contribution in [0.15, 0.2) is 48.5 Å². The second kappa shape index (κ2) is 7.75. The number of nitrogens with one attached hydrogen (secondary N) is 2. The van der Waals surface area contributed by atoms with Crippen molar-refractivity contribution in [1.29, 1.82) is 0 Å². The van der Waals surface area contributed by atoms with Gasteiger partial charge in [0.05, 0.1) is 10.6 Å². The molecule has 24 heavy (non-hydrogen) atoms. The SMILES string of the molecule is CC(=O)c1cccc(NC(=O)[C@@H](C)NC(=O)c2ccccc2Cl)c1. The van der Waals surface area contributed by atoms with E-state index in [0.717, 1.165) is 0 Å². The summed E-state index contributed by atoms with van der Waals surface area (Å²) in [6.07, 6.45) is 0. The lowest BCUT2D eigenvalue weighted by molar-refractivity contribution is -0.117. The number of rotatable bonds is 5. The van der Waals surface area contributed by atoms with Crippen molar-refractivity contribution < 1.29 is 14.4 Å². The molecule has 0 spiro atoms. The summed E-state index contributed by atoms with van der Waals surface area (Å²) in [5.74, 6) is -0.914. The van der Waals surface area contributed by atoms with Crippen molar-refractivity contribution in [3.63, 3.8) is 0 Å². The zero-order valence-corrected chi connectivity index (χ0v) is 14.1. The Kier molecular flexibility index (Phi) is 5.71. The van der Waals surface area contributed by atoms with E-state index in [4.69, 9.17) is 11.6 Å². The van der Waals surface area contributed by atoms with Gasteiger partial charge in [0.1, 0.15) is 6.04 Å². The molecule has 0 radical (unpaired) electrons. The van der Waals surface area contributed by atoms with Gasteiger partial charge in [0, 0.05) is 11.3 Å². The maximum absolute atomic E-state index is 12.2. The number of anilines is 1. The zero-order valence-electron chi connectivity index (χ0n) is 13.3. The van der Waals surface area contributed by atoms with Gasteiger partial charge in [-0.05, 0) is 38.1 Å². The molecule has 5 nitrogen and oxygen atoms in total. The van der Waals surface area contributed by atoms with Gasteiger partial charge in [0.15, 0.2) is 5.78 Å². The Labute approximate surface area is 145 Å². The molecule has 0 heterocycles. The fourth-order valence-corrected chi connectivity index (χ4v) is 2.27. The highest BCUT2D eigenvalue weighted by Crippen LogP contribution is 2.15. The third-order valence-corrected chi connectivity index (χ3v) is 3.73. The number of hydrogen-bond donors (Lipinski definition) is 2. The van der Waals surface area contributed by atoms with Crippen LogP contribution >= 0.6 is 11.6 Å². The molecule has 0 saturated carbocycles. The topological polar surface area (TPSA) is 75.3 Å². The number of benzene rings is 2. The Morgan fingerprint density at radius 3 is 2.42 bits per heavy atom. The zero-order chi connectivity index (χ0) is 17.7. The monoisotopic (exact) mass is 344 g/mol. The molecule has 124 valence electrons. The van der Waals surface area contributed by atoms with Crippen LogP contribution in [0.25, 0.3) is 0 Å². The molecule has 0 saturated heterocycles. The van der Waals surface area contributed by atoms with Crippen LogP contribution in [0.2, 0.25) is 5.02 Å². The molecule has 0 fully saturated rings. The van der Waals surface area contributed by atoms with Crippen LogP contribution in [0, 0.1) is 0 Å². The fraction of sp³-hybridized carbons (Fsp3) is 0.167. The normalized spacial score (nSPS) is 11.5. The van der Waals surface area contributed by atoms with Crippen LogP contribution in [0.3, 0.4) is 0 Å². The van der Waals surface area contributed by atoms with Crippen molar-refractivity contribution >= 4 is 34.9 Å².